The van der Waals surface area contributed by atoms with Crippen molar-refractivity contribution >= 4 is 17.9 Å². The van der Waals surface area contributed by atoms with Crippen molar-refractivity contribution in [3.63, 3.8) is 0 Å². The average molecular weight is 370 g/mol. The van der Waals surface area contributed by atoms with Crippen molar-refractivity contribution in [3.8, 4) is 0 Å². The molecule has 0 aliphatic carbocycles. The molecular formula is C20H19FN2O4. The average Bonchev–Trinajstić information content (AvgIpc) is 2.85. The van der Waals surface area contributed by atoms with Gasteiger partial charge in [-0.1, -0.05) is 42.0 Å². The number of benzene rings is 2. The summed E-state index contributed by atoms with van der Waals surface area (Å²) in [5.41, 5.74) is 0.886. The third kappa shape index (κ3) is 3.81. The van der Waals surface area contributed by atoms with Crippen LogP contribution in [0.25, 0.3) is 0 Å². The van der Waals surface area contributed by atoms with Gasteiger partial charge in [-0.2, -0.15) is 0 Å². The Morgan fingerprint density at radius 1 is 1.19 bits per heavy atom. The summed E-state index contributed by atoms with van der Waals surface area (Å²) in [7, 11) is 0. The maximum Gasteiger partial charge on any atom is 0.326 e. The second-order valence-electron chi connectivity index (χ2n) is 6.60. The highest BCUT2D eigenvalue weighted by Gasteiger charge is 2.49. The number of nitrogens with zero attached hydrogens (tertiary/aromatic N) is 1. The van der Waals surface area contributed by atoms with Crippen LogP contribution in [0.15, 0.2) is 48.5 Å². The molecule has 1 aliphatic heterocycles. The van der Waals surface area contributed by atoms with E-state index in [1.54, 1.807) is 25.1 Å². The Labute approximate surface area is 155 Å². The van der Waals surface area contributed by atoms with Crippen molar-refractivity contribution in [1.82, 2.24) is 10.2 Å². The molecule has 0 unspecified atom stereocenters. The number of carbonyl (C=O) groups excluding carboxylic acids is 3. The quantitative estimate of drug-likeness (QED) is 0.649. The standard InChI is InChI=1S/C20H19FN2O4/c1-13-6-8-15(9-7-13)20(2)18(25)23(19(26)22-20)11-17(24)27-12-14-4-3-5-16(21)10-14/h3-10H,11-12H2,1-2H3,(H,22,26)/t20-/m1/s1. The van der Waals surface area contributed by atoms with Gasteiger partial charge in [0.1, 0.15) is 24.5 Å². The minimum Gasteiger partial charge on any atom is -0.459 e. The summed E-state index contributed by atoms with van der Waals surface area (Å²) >= 11 is 0. The first-order valence-electron chi connectivity index (χ1n) is 8.41. The number of urea groups is 1. The van der Waals surface area contributed by atoms with Gasteiger partial charge >= 0.3 is 12.0 Å². The highest BCUT2D eigenvalue weighted by molar-refractivity contribution is 6.08. The topological polar surface area (TPSA) is 75.7 Å². The van der Waals surface area contributed by atoms with Crippen LogP contribution in [0.4, 0.5) is 9.18 Å². The normalized spacial score (nSPS) is 19.1. The van der Waals surface area contributed by atoms with Gasteiger partial charge < -0.3 is 10.1 Å². The molecule has 0 saturated carbocycles. The molecule has 1 atom stereocenters. The van der Waals surface area contributed by atoms with E-state index in [0.29, 0.717) is 11.1 Å². The summed E-state index contributed by atoms with van der Waals surface area (Å²) in [4.78, 5) is 37.9. The highest BCUT2D eigenvalue weighted by atomic mass is 19.1. The van der Waals surface area contributed by atoms with E-state index in [1.807, 2.05) is 19.1 Å². The van der Waals surface area contributed by atoms with E-state index in [4.69, 9.17) is 4.74 Å². The third-order valence-corrected chi connectivity index (χ3v) is 4.48. The molecule has 2 aromatic rings. The lowest BCUT2D eigenvalue weighted by Gasteiger charge is -2.22. The van der Waals surface area contributed by atoms with Gasteiger partial charge in [-0.25, -0.2) is 9.18 Å². The molecule has 27 heavy (non-hydrogen) atoms. The van der Waals surface area contributed by atoms with Crippen LogP contribution in [0, 0.1) is 12.7 Å². The molecule has 0 aromatic heterocycles. The number of nitrogens with one attached hydrogen (secondary N) is 1. The molecule has 1 heterocycles. The van der Waals surface area contributed by atoms with Crippen molar-refractivity contribution in [2.24, 2.45) is 0 Å². The number of rotatable bonds is 5. The molecule has 6 nitrogen and oxygen atoms in total. The van der Waals surface area contributed by atoms with Crippen LogP contribution in [-0.2, 0) is 26.5 Å². The van der Waals surface area contributed by atoms with E-state index in [-0.39, 0.29) is 6.61 Å². The second kappa shape index (κ2) is 7.19. The molecule has 2 aromatic carbocycles. The van der Waals surface area contributed by atoms with Crippen LogP contribution in [0.5, 0.6) is 0 Å². The Kier molecular flexibility index (Phi) is 4.94. The molecule has 0 bridgehead atoms. The lowest BCUT2D eigenvalue weighted by atomic mass is 9.91. The first-order valence-corrected chi connectivity index (χ1v) is 8.41. The third-order valence-electron chi connectivity index (χ3n) is 4.48. The molecular weight excluding hydrogens is 351 g/mol. The number of halogens is 1. The first-order chi connectivity index (χ1) is 12.8. The van der Waals surface area contributed by atoms with Crippen LogP contribution >= 0.6 is 0 Å². The summed E-state index contributed by atoms with van der Waals surface area (Å²) in [6.07, 6.45) is 0. The van der Waals surface area contributed by atoms with Crippen molar-refractivity contribution in [2.45, 2.75) is 26.0 Å². The van der Waals surface area contributed by atoms with E-state index in [1.165, 1.54) is 18.2 Å². The molecule has 1 saturated heterocycles. The molecule has 1 fully saturated rings. The monoisotopic (exact) mass is 370 g/mol. The predicted octanol–water partition coefficient (Wildman–Crippen LogP) is 2.64. The van der Waals surface area contributed by atoms with E-state index < -0.39 is 35.8 Å². The van der Waals surface area contributed by atoms with Crippen molar-refractivity contribution < 1.29 is 23.5 Å². The molecule has 0 radical (unpaired) electrons. The van der Waals surface area contributed by atoms with Crippen LogP contribution in [-0.4, -0.2) is 29.4 Å². The summed E-state index contributed by atoms with van der Waals surface area (Å²) in [5.74, 6) is -1.72. The van der Waals surface area contributed by atoms with Gasteiger partial charge in [-0.05, 0) is 37.1 Å². The van der Waals surface area contributed by atoms with Crippen LogP contribution in [0.1, 0.15) is 23.6 Å². The molecule has 1 aliphatic rings. The Balaban J connectivity index is 1.66. The summed E-state index contributed by atoms with van der Waals surface area (Å²) in [6.45, 7) is 2.86. The largest absolute Gasteiger partial charge is 0.459 e. The fourth-order valence-electron chi connectivity index (χ4n) is 2.89. The Morgan fingerprint density at radius 3 is 2.56 bits per heavy atom. The van der Waals surface area contributed by atoms with Gasteiger partial charge in [0, 0.05) is 0 Å². The minimum absolute atomic E-state index is 0.143. The van der Waals surface area contributed by atoms with E-state index >= 15 is 0 Å². The van der Waals surface area contributed by atoms with Crippen LogP contribution in [0.2, 0.25) is 0 Å². The van der Waals surface area contributed by atoms with Gasteiger partial charge in [-0.15, -0.1) is 0 Å². The zero-order valence-electron chi connectivity index (χ0n) is 15.0. The van der Waals surface area contributed by atoms with E-state index in [9.17, 15) is 18.8 Å². The zero-order valence-corrected chi connectivity index (χ0v) is 15.0. The number of ether oxygens (including phenoxy) is 1. The number of imide groups is 1. The lowest BCUT2D eigenvalue weighted by Crippen LogP contribution is -2.41. The lowest BCUT2D eigenvalue weighted by molar-refractivity contribution is -0.148. The summed E-state index contributed by atoms with van der Waals surface area (Å²) in [6, 6.07) is 12.2. The summed E-state index contributed by atoms with van der Waals surface area (Å²) in [5, 5.41) is 2.63. The van der Waals surface area contributed by atoms with Crippen LogP contribution < -0.4 is 5.32 Å². The number of hydrogen-bond acceptors (Lipinski definition) is 4. The number of carbonyl (C=O) groups is 3. The smallest absolute Gasteiger partial charge is 0.326 e. The Bertz CT molecular complexity index is 897. The SMILES string of the molecule is Cc1ccc([C@@]2(C)NC(=O)N(CC(=O)OCc3cccc(F)c3)C2=O)cc1. The fourth-order valence-corrected chi connectivity index (χ4v) is 2.89. The number of amides is 3. The van der Waals surface area contributed by atoms with Crippen molar-refractivity contribution in [1.29, 1.82) is 0 Å². The zero-order chi connectivity index (χ0) is 19.6. The van der Waals surface area contributed by atoms with Gasteiger partial charge in [0.05, 0.1) is 0 Å². The molecule has 140 valence electrons. The van der Waals surface area contributed by atoms with E-state index in [0.717, 1.165) is 10.5 Å². The Morgan fingerprint density at radius 2 is 1.89 bits per heavy atom. The molecule has 1 N–H and O–H groups in total. The van der Waals surface area contributed by atoms with Gasteiger partial charge in [0.25, 0.3) is 5.91 Å². The highest BCUT2D eigenvalue weighted by Crippen LogP contribution is 2.28. The van der Waals surface area contributed by atoms with Crippen molar-refractivity contribution in [2.75, 3.05) is 6.54 Å². The number of aryl methyl sites for hydroxylation is 1. The molecule has 0 spiro atoms. The molecule has 3 amide bonds. The number of hydrogen-bond donors (Lipinski definition) is 1. The predicted molar refractivity (Wildman–Crippen MR) is 95.0 cm³/mol. The molecule has 7 heteroatoms. The van der Waals surface area contributed by atoms with Gasteiger partial charge in [0.2, 0.25) is 0 Å². The second-order valence-corrected chi connectivity index (χ2v) is 6.60. The Hall–Kier alpha value is -3.22. The molecule has 3 rings (SSSR count). The van der Waals surface area contributed by atoms with Gasteiger partial charge in [0.15, 0.2) is 0 Å². The number of esters is 1. The van der Waals surface area contributed by atoms with Gasteiger partial charge in [-0.3, -0.25) is 14.5 Å². The summed E-state index contributed by atoms with van der Waals surface area (Å²) < 4.78 is 18.2. The fraction of sp³-hybridized carbons (Fsp3) is 0.250. The van der Waals surface area contributed by atoms with E-state index in [2.05, 4.69) is 5.32 Å². The van der Waals surface area contributed by atoms with Crippen molar-refractivity contribution in [3.05, 3.63) is 71.0 Å². The maximum absolute atomic E-state index is 13.1. The maximum atomic E-state index is 13.1. The first kappa shape index (κ1) is 18.6. The van der Waals surface area contributed by atoms with Crippen LogP contribution in [0.3, 0.4) is 0 Å². The minimum atomic E-state index is -1.24.